The third-order valence-electron chi connectivity index (χ3n) is 4.39. The van der Waals surface area contributed by atoms with Crippen LogP contribution in [-0.4, -0.2) is 36.2 Å². The molecule has 3 N–H and O–H groups in total. The summed E-state index contributed by atoms with van der Waals surface area (Å²) in [7, 11) is 0. The van der Waals surface area contributed by atoms with Crippen LogP contribution < -0.4 is 10.6 Å². The van der Waals surface area contributed by atoms with Crippen LogP contribution in [-0.2, 0) is 0 Å². The number of hydrogen-bond acceptors (Lipinski definition) is 1. The molecule has 3 nitrogen and oxygen atoms in total. The van der Waals surface area contributed by atoms with Crippen molar-refractivity contribution in [1.29, 1.82) is 0 Å². The van der Waals surface area contributed by atoms with E-state index in [-0.39, 0.29) is 0 Å². The van der Waals surface area contributed by atoms with Crippen molar-refractivity contribution >= 4 is 17.3 Å². The summed E-state index contributed by atoms with van der Waals surface area (Å²) >= 11 is 5.10. The van der Waals surface area contributed by atoms with Crippen molar-refractivity contribution in [1.82, 2.24) is 4.90 Å². The number of rotatable bonds is 3. The molecule has 22 heavy (non-hydrogen) atoms. The van der Waals surface area contributed by atoms with Crippen LogP contribution >= 0.6 is 12.2 Å². The van der Waals surface area contributed by atoms with E-state index in [4.69, 9.17) is 18.0 Å². The van der Waals surface area contributed by atoms with E-state index in [1.807, 2.05) is 0 Å². The van der Waals surface area contributed by atoms with Gasteiger partial charge < -0.3 is 15.5 Å². The Labute approximate surface area is 137 Å². The average molecular weight is 312 g/mol. The van der Waals surface area contributed by atoms with Crippen LogP contribution in [0.1, 0.15) is 17.2 Å². The highest BCUT2D eigenvalue weighted by Crippen LogP contribution is 2.19. The highest BCUT2D eigenvalue weighted by molar-refractivity contribution is 7.80. The van der Waals surface area contributed by atoms with E-state index in [1.54, 1.807) is 4.90 Å². The average Bonchev–Trinajstić information content (AvgIpc) is 2.57. The van der Waals surface area contributed by atoms with Crippen molar-refractivity contribution in [3.63, 3.8) is 0 Å². The van der Waals surface area contributed by atoms with Gasteiger partial charge >= 0.3 is 0 Å². The fourth-order valence-corrected chi connectivity index (χ4v) is 3.44. The van der Waals surface area contributed by atoms with Crippen molar-refractivity contribution < 1.29 is 4.90 Å². The van der Waals surface area contributed by atoms with E-state index >= 15 is 0 Å². The van der Waals surface area contributed by atoms with Gasteiger partial charge in [-0.15, -0.1) is 0 Å². The zero-order chi connectivity index (χ0) is 15.4. The summed E-state index contributed by atoms with van der Waals surface area (Å²) in [5.74, 6) is 0. The van der Waals surface area contributed by atoms with Crippen LogP contribution in [0.2, 0.25) is 0 Å². The molecule has 0 bridgehead atoms. The molecule has 0 radical (unpaired) electrons. The van der Waals surface area contributed by atoms with Crippen molar-refractivity contribution in [2.75, 3.05) is 26.2 Å². The first-order valence-corrected chi connectivity index (χ1v) is 8.15. The zero-order valence-corrected chi connectivity index (χ0v) is 13.4. The van der Waals surface area contributed by atoms with Gasteiger partial charge in [-0.3, -0.25) is 0 Å². The Morgan fingerprint density at radius 2 is 1.36 bits per heavy atom. The minimum Gasteiger partial charge on any atom is -0.376 e. The monoisotopic (exact) mass is 312 g/mol. The molecule has 1 aliphatic rings. The topological polar surface area (TPSA) is 33.7 Å². The van der Waals surface area contributed by atoms with Crippen LogP contribution in [0.15, 0.2) is 60.7 Å². The smallest absolute Gasteiger partial charge is 0.166 e. The lowest BCUT2D eigenvalue weighted by Crippen LogP contribution is -3.15. The number of quaternary nitrogens is 1. The van der Waals surface area contributed by atoms with Crippen molar-refractivity contribution in [3.05, 3.63) is 71.8 Å². The molecule has 2 aromatic rings. The second kappa shape index (κ2) is 6.90. The van der Waals surface area contributed by atoms with E-state index in [2.05, 4.69) is 65.6 Å². The third-order valence-corrected chi connectivity index (χ3v) is 4.65. The highest BCUT2D eigenvalue weighted by Gasteiger charge is 2.30. The maximum Gasteiger partial charge on any atom is 0.166 e. The van der Waals surface area contributed by atoms with Crippen LogP contribution in [0.25, 0.3) is 0 Å². The van der Waals surface area contributed by atoms with Crippen LogP contribution in [0.5, 0.6) is 0 Å². The first-order chi connectivity index (χ1) is 10.8. The summed E-state index contributed by atoms with van der Waals surface area (Å²) in [5, 5.41) is 0.523. The summed E-state index contributed by atoms with van der Waals surface area (Å²) in [6.45, 7) is 3.96. The summed E-state index contributed by atoms with van der Waals surface area (Å²) in [5.41, 5.74) is 8.50. The van der Waals surface area contributed by atoms with Crippen molar-refractivity contribution in [3.8, 4) is 0 Å². The van der Waals surface area contributed by atoms with E-state index in [9.17, 15) is 0 Å². The Bertz CT molecular complexity index is 567. The molecule has 0 amide bonds. The van der Waals surface area contributed by atoms with Gasteiger partial charge in [0, 0.05) is 11.1 Å². The molecule has 2 aromatic carbocycles. The first-order valence-electron chi connectivity index (χ1n) is 7.74. The van der Waals surface area contributed by atoms with Gasteiger partial charge in [0.25, 0.3) is 0 Å². The molecular weight excluding hydrogens is 290 g/mol. The lowest BCUT2D eigenvalue weighted by molar-refractivity contribution is -0.929. The molecule has 0 spiro atoms. The minimum atomic E-state index is 0.371. The predicted molar refractivity (Wildman–Crippen MR) is 93.8 cm³/mol. The van der Waals surface area contributed by atoms with Gasteiger partial charge in [0.15, 0.2) is 5.11 Å². The lowest BCUT2D eigenvalue weighted by atomic mass is 9.96. The van der Waals surface area contributed by atoms with Crippen LogP contribution in [0.4, 0.5) is 0 Å². The molecule has 1 heterocycles. The number of benzene rings is 2. The van der Waals surface area contributed by atoms with Gasteiger partial charge in [-0.25, -0.2) is 0 Å². The minimum absolute atomic E-state index is 0.371. The second-order valence-corrected chi connectivity index (χ2v) is 6.16. The quantitative estimate of drug-likeness (QED) is 0.836. The Morgan fingerprint density at radius 3 is 1.77 bits per heavy atom. The maximum absolute atomic E-state index is 5.76. The van der Waals surface area contributed by atoms with Gasteiger partial charge in [-0.2, -0.15) is 0 Å². The van der Waals surface area contributed by atoms with E-state index < -0.39 is 0 Å². The fraction of sp³-hybridized carbons (Fsp3) is 0.278. The maximum atomic E-state index is 5.76. The number of nitrogens with two attached hydrogens (primary N) is 1. The largest absolute Gasteiger partial charge is 0.376 e. The second-order valence-electron chi connectivity index (χ2n) is 5.74. The Hall–Kier alpha value is -1.91. The van der Waals surface area contributed by atoms with Crippen molar-refractivity contribution in [2.45, 2.75) is 6.04 Å². The van der Waals surface area contributed by atoms with E-state index in [0.29, 0.717) is 11.2 Å². The van der Waals surface area contributed by atoms with E-state index in [0.717, 1.165) is 26.2 Å². The van der Waals surface area contributed by atoms with Gasteiger partial charge in [0.1, 0.15) is 6.04 Å². The fourth-order valence-electron chi connectivity index (χ4n) is 3.26. The molecule has 0 aliphatic carbocycles. The molecule has 0 atom stereocenters. The summed E-state index contributed by atoms with van der Waals surface area (Å²) < 4.78 is 0. The van der Waals surface area contributed by atoms with Gasteiger partial charge in [0.2, 0.25) is 0 Å². The summed E-state index contributed by atoms with van der Waals surface area (Å²) in [6.07, 6.45) is 0. The SMILES string of the molecule is NC(=S)N1CC[NH+](C(c2ccccc2)c2ccccc2)CC1. The van der Waals surface area contributed by atoms with Crippen LogP contribution in [0, 0.1) is 0 Å². The molecule has 0 aromatic heterocycles. The van der Waals surface area contributed by atoms with Gasteiger partial charge in [-0.05, 0) is 12.2 Å². The normalized spacial score (nSPS) is 16.0. The lowest BCUT2D eigenvalue weighted by Gasteiger charge is -2.37. The molecule has 0 saturated carbocycles. The molecule has 0 unspecified atom stereocenters. The molecule has 1 aliphatic heterocycles. The summed E-state index contributed by atoms with van der Waals surface area (Å²) in [6, 6.07) is 21.9. The Morgan fingerprint density at radius 1 is 0.909 bits per heavy atom. The molecule has 1 saturated heterocycles. The molecule has 3 rings (SSSR count). The third kappa shape index (κ3) is 3.29. The number of thiocarbonyl (C=S) groups is 1. The number of hydrogen-bond donors (Lipinski definition) is 2. The molecule has 114 valence electrons. The molecule has 4 heteroatoms. The number of piperazine rings is 1. The Balaban J connectivity index is 1.86. The number of nitrogens with zero attached hydrogens (tertiary/aromatic N) is 1. The van der Waals surface area contributed by atoms with Gasteiger partial charge in [0.05, 0.1) is 26.2 Å². The standard InChI is InChI=1S/C18H21N3S/c19-18(22)21-13-11-20(12-14-21)17(15-7-3-1-4-8-15)16-9-5-2-6-10-16/h1-10,17H,11-14H2,(H2,19,22)/p+1. The first kappa shape index (κ1) is 15.0. The highest BCUT2D eigenvalue weighted by atomic mass is 32.1. The molecular formula is C18H22N3S+. The summed E-state index contributed by atoms with van der Waals surface area (Å²) in [4.78, 5) is 3.68. The van der Waals surface area contributed by atoms with Crippen molar-refractivity contribution in [2.24, 2.45) is 5.73 Å². The predicted octanol–water partition coefficient (Wildman–Crippen LogP) is 1.22. The van der Waals surface area contributed by atoms with Gasteiger partial charge in [-0.1, -0.05) is 60.7 Å². The van der Waals surface area contributed by atoms with Crippen LogP contribution in [0.3, 0.4) is 0 Å². The molecule has 1 fully saturated rings. The zero-order valence-electron chi connectivity index (χ0n) is 12.6. The van der Waals surface area contributed by atoms with E-state index in [1.165, 1.54) is 11.1 Å². The number of nitrogens with one attached hydrogen (secondary N) is 1. The Kier molecular flexibility index (Phi) is 4.71.